The predicted molar refractivity (Wildman–Crippen MR) is 391 cm³/mol. The number of carboxylic acids is 3. The molecule has 0 spiro atoms. The Balaban J connectivity index is -0.000000187. The summed E-state index contributed by atoms with van der Waals surface area (Å²) in [5, 5.41) is 58.7. The van der Waals surface area contributed by atoms with Crippen LogP contribution in [-0.4, -0.2) is 160 Å². The number of aliphatic carboxylic acids is 3. The van der Waals surface area contributed by atoms with E-state index in [4.69, 9.17) is 53.6 Å². The number of ether oxygens (including phenoxy) is 6. The van der Waals surface area contributed by atoms with Crippen molar-refractivity contribution in [1.29, 1.82) is 10.5 Å². The van der Waals surface area contributed by atoms with Crippen LogP contribution in [0, 0.1) is 22.7 Å². The number of halogens is 15. The number of benzene rings is 1. The number of aliphatic hydroxyl groups excluding tert-OH is 1. The molecule has 1 aromatic heterocycles. The molecule has 0 aliphatic carbocycles. The number of H-pyrrole nitrogens is 1. The van der Waals surface area contributed by atoms with Crippen molar-refractivity contribution in [2.24, 2.45) is 0 Å². The van der Waals surface area contributed by atoms with Crippen LogP contribution in [0.15, 0.2) is 36.4 Å². The quantitative estimate of drug-likeness (QED) is 0.0206. The summed E-state index contributed by atoms with van der Waals surface area (Å²) >= 11 is 23.5. The van der Waals surface area contributed by atoms with Crippen molar-refractivity contribution in [2.45, 2.75) is 20.0 Å². The first-order chi connectivity index (χ1) is 35.0. The van der Waals surface area contributed by atoms with Crippen LogP contribution in [0.3, 0.4) is 0 Å². The first-order valence-corrected chi connectivity index (χ1v) is 106. The maximum Gasteiger partial charge on any atom is 0.335 e. The summed E-state index contributed by atoms with van der Waals surface area (Å²) in [7, 11) is 0.630. The number of hydrogen-bond acceptors (Lipinski definition) is 21. The van der Waals surface area contributed by atoms with E-state index in [-0.39, 0.29) is 97.4 Å². The van der Waals surface area contributed by atoms with Crippen LogP contribution in [0.2, 0.25) is 0 Å². The summed E-state index contributed by atoms with van der Waals surface area (Å²) in [6.07, 6.45) is 3.54. The number of carbonyl (C=O) groups excluding carboxylic acids is 5. The average Bonchev–Trinajstić information content (AvgIpc) is 3.86. The van der Waals surface area contributed by atoms with E-state index in [1.54, 1.807) is 19.1 Å². The molecule has 0 aliphatic heterocycles. The normalized spacial score (nSPS) is 10.5. The largest absolute Gasteiger partial charge is 0.480 e. The van der Waals surface area contributed by atoms with Gasteiger partial charge in [0.2, 0.25) is 0 Å². The van der Waals surface area contributed by atoms with Crippen molar-refractivity contribution >= 4 is 262 Å². The Hall–Kier alpha value is 4.01. The van der Waals surface area contributed by atoms with E-state index in [1.807, 2.05) is 36.4 Å². The first kappa shape index (κ1) is 89.2. The summed E-state index contributed by atoms with van der Waals surface area (Å²) in [5.41, 5.74) is 1.70. The molecule has 1 aromatic carbocycles. The van der Waals surface area contributed by atoms with E-state index in [0.29, 0.717) is 49.8 Å². The second-order valence-corrected chi connectivity index (χ2v) is 319. The van der Waals surface area contributed by atoms with Gasteiger partial charge in [0, 0.05) is 6.42 Å². The fourth-order valence-electron chi connectivity index (χ4n) is 2.54. The van der Waals surface area contributed by atoms with Gasteiger partial charge in [0.1, 0.15) is 70.3 Å². The zero-order chi connectivity index (χ0) is 58.3. The Bertz CT molecular complexity index is 1980. The number of aldehydes is 3. The Kier molecular flexibility index (Phi) is 81.7. The Morgan fingerprint density at radius 1 is 0.716 bits per heavy atom. The number of carboxylic acid groups (broad SMARTS) is 3. The van der Waals surface area contributed by atoms with E-state index >= 15 is 0 Å². The standard InChI is InChI=1S/C12H11NO3.C6H6N4O3.C5H8O4.C4H6O4.C4H8O2.C2H4O2.I15.O2S/c13-8-11(6-7-16-9-12(14)15)10-4-2-1-3-5-10;7-1-4-5(9-10-8-4)2-13-3-6(11)12;1-8-5(7)4-9-3-2-6;5-1-2-8-3-4(6)7;1-3-4(5)6-2;3-1-2-4;1-9-11(4)13(6)15(8)14(7)12(5)10(2)3;1-3-2/h1-6H,7,9H2,(H,14,15);2-3H2,(H,11,12)(H,8,9,10);2H,3-4H2,1H3;1H,2-3H2,(H,6,7);3H2,1-2H3;1,4H,2H2;;/q;;;;;;-1;/b11-6-;;;;;;;. The molecule has 0 aliphatic rings. The monoisotopic (exact) mass is 2760 g/mol. The average molecular weight is 2770 g/mol. The molecule has 0 radical (unpaired) electrons. The maximum absolute atomic E-state index is 10.2. The van der Waals surface area contributed by atoms with E-state index < -0.39 is 56.6 Å². The molecule has 0 unspecified atom stereocenters. The van der Waals surface area contributed by atoms with E-state index in [1.165, 1.54) is 14.2 Å². The Morgan fingerprint density at radius 3 is 1.53 bits per heavy atom. The molecular weight excluding hydrogens is 2720 g/mol. The Labute approximate surface area is 536 Å². The van der Waals surface area contributed by atoms with Crippen LogP contribution < -0.4 is 13.3 Å². The van der Waals surface area contributed by atoms with Crippen molar-refractivity contribution in [2.75, 3.05) is 67.1 Å². The topological polar surface area (TPSA) is 396 Å². The van der Waals surface area contributed by atoms with Gasteiger partial charge in [0.25, 0.3) is 0 Å². The van der Waals surface area contributed by atoms with Gasteiger partial charge in [-0.15, -0.1) is 5.10 Å². The number of hydrogen-bond donors (Lipinski definition) is 5. The molecule has 0 saturated heterocycles. The van der Waals surface area contributed by atoms with E-state index in [2.05, 4.69) is 183 Å². The fourth-order valence-corrected chi connectivity index (χ4v) is 1890. The molecular formula is C33H43I15N5O20S-. The van der Waals surface area contributed by atoms with Gasteiger partial charge in [-0.3, -0.25) is 4.79 Å². The van der Waals surface area contributed by atoms with Gasteiger partial charge in [0.05, 0.1) is 45.7 Å². The molecule has 0 amide bonds. The molecule has 2 aromatic rings. The minimum atomic E-state index is -1.07. The summed E-state index contributed by atoms with van der Waals surface area (Å²) in [6.45, 7) is -0.0707. The number of nitriles is 2. The van der Waals surface area contributed by atoms with Crippen molar-refractivity contribution in [3.63, 3.8) is 0 Å². The summed E-state index contributed by atoms with van der Waals surface area (Å²) in [5.74, 6) is -3.78. The van der Waals surface area contributed by atoms with Gasteiger partial charge in [-0.25, -0.2) is 19.2 Å². The van der Waals surface area contributed by atoms with Crippen molar-refractivity contribution in [3.8, 4) is 12.1 Å². The van der Waals surface area contributed by atoms with Crippen LogP contribution >= 0.6 is 196 Å². The number of rotatable bonds is 25. The third-order valence-corrected chi connectivity index (χ3v) is 914. The van der Waals surface area contributed by atoms with Crippen LogP contribution in [-0.2, 0) is 85.0 Å². The van der Waals surface area contributed by atoms with Gasteiger partial charge < -0.3 is 63.2 Å². The van der Waals surface area contributed by atoms with Gasteiger partial charge in [-0.2, -0.15) is 29.3 Å². The zero-order valence-corrected chi connectivity index (χ0v) is 70.6. The zero-order valence-electron chi connectivity index (χ0n) is 37.5. The third kappa shape index (κ3) is 63.6. The molecule has 74 heavy (non-hydrogen) atoms. The number of aliphatic hydroxyl groups is 1. The van der Waals surface area contributed by atoms with Gasteiger partial charge >= 0.3 is 251 Å². The van der Waals surface area contributed by atoms with Crippen molar-refractivity contribution in [3.05, 3.63) is 53.4 Å². The van der Waals surface area contributed by atoms with E-state index in [9.17, 15) is 33.6 Å². The molecule has 5 N–H and O–H groups in total. The number of aromatic amines is 1. The van der Waals surface area contributed by atoms with E-state index in [0.717, 1.165) is 5.56 Å². The molecule has 1 heterocycles. The summed E-state index contributed by atoms with van der Waals surface area (Å²) < 4.78 is 43.4. The molecule has 2 rings (SSSR count). The number of aromatic nitrogens is 3. The SMILES string of the molecule is CCC(=O)OC.COC(=O)COCC=O.I[I-]I(I)I(I)I(I)I(I)I(I)I(I)I.N#C/C(=C/COCC(=O)O)c1ccccc1.N#Cc1n[nH]nc1COCC(=O)O.O=CCO.O=CCOCC(=O)O.O=S=O. The number of allylic oxidation sites excluding steroid dienone is 1. The minimum Gasteiger partial charge on any atom is -0.480 e. The molecule has 0 bridgehead atoms. The third-order valence-electron chi connectivity index (χ3n) is 5.11. The second kappa shape index (κ2) is 67.8. The van der Waals surface area contributed by atoms with Crippen molar-refractivity contribution in [1.82, 2.24) is 15.4 Å². The second-order valence-electron chi connectivity index (χ2n) is 9.83. The predicted octanol–water partition coefficient (Wildman–Crippen LogP) is 8.11. The number of nitrogens with one attached hydrogen (secondary N) is 1. The Morgan fingerprint density at radius 2 is 1.16 bits per heavy atom. The van der Waals surface area contributed by atoms with Crippen LogP contribution in [0.4, 0.5) is 0 Å². The molecule has 41 heteroatoms. The number of nitrogens with zero attached hydrogens (tertiary/aromatic N) is 4. The van der Waals surface area contributed by atoms with Crippen LogP contribution in [0.1, 0.15) is 30.3 Å². The first-order valence-electron chi connectivity index (χ1n) is 17.6. The van der Waals surface area contributed by atoms with Gasteiger partial charge in [-0.1, -0.05) is 37.3 Å². The van der Waals surface area contributed by atoms with Gasteiger partial charge in [-0.05, 0) is 11.6 Å². The smallest absolute Gasteiger partial charge is 0.335 e. The number of carbonyl (C=O) groups is 8. The number of methoxy groups -OCH3 is 2. The van der Waals surface area contributed by atoms with Crippen LogP contribution in [0.25, 0.3) is 5.57 Å². The molecule has 0 fully saturated rings. The molecule has 25 nitrogen and oxygen atoms in total. The maximum atomic E-state index is 10.2. The van der Waals surface area contributed by atoms with Crippen molar-refractivity contribution < 1.29 is 109 Å². The molecule has 432 valence electrons. The summed E-state index contributed by atoms with van der Waals surface area (Å²) in [6, 6.07) is 13.0. The summed E-state index contributed by atoms with van der Waals surface area (Å²) in [4.78, 5) is 78.0. The number of esters is 2. The minimum absolute atomic E-state index is 0.0360. The van der Waals surface area contributed by atoms with Crippen LogP contribution in [0.5, 0.6) is 0 Å². The fraction of sp³-hybridized carbons (Fsp3) is 0.394. The van der Waals surface area contributed by atoms with Gasteiger partial charge in [0.15, 0.2) is 5.69 Å². The molecule has 0 saturated carbocycles. The molecule has 0 atom stereocenters.